The molecule has 1 unspecified atom stereocenters. The van der Waals surface area contributed by atoms with Gasteiger partial charge in [0.05, 0.1) is 0 Å². The van der Waals surface area contributed by atoms with Crippen LogP contribution in [0.15, 0.2) is 30.3 Å². The van der Waals surface area contributed by atoms with E-state index >= 15 is 0 Å². The van der Waals surface area contributed by atoms with E-state index in [1.807, 2.05) is 42.1 Å². The van der Waals surface area contributed by atoms with Crippen molar-refractivity contribution in [3.8, 4) is 0 Å². The molecule has 2 N–H and O–H groups in total. The molecule has 0 radical (unpaired) electrons. The summed E-state index contributed by atoms with van der Waals surface area (Å²) in [7, 11) is 0. The number of thioether (sulfide) groups is 1. The fraction of sp³-hybridized carbons (Fsp3) is 0.467. The predicted octanol–water partition coefficient (Wildman–Crippen LogP) is 1.83. The molecule has 1 aromatic rings. The lowest BCUT2D eigenvalue weighted by atomic mass is 10.1. The number of carbonyl (C=O) groups excluding carboxylic acids is 1. The molecule has 1 fully saturated rings. The Morgan fingerprint density at radius 2 is 2.14 bits per heavy atom. The van der Waals surface area contributed by atoms with Gasteiger partial charge in [0.2, 0.25) is 0 Å². The van der Waals surface area contributed by atoms with Crippen LogP contribution in [0.2, 0.25) is 0 Å². The van der Waals surface area contributed by atoms with E-state index < -0.39 is 12.0 Å². The quantitative estimate of drug-likeness (QED) is 0.890. The van der Waals surface area contributed by atoms with Crippen molar-refractivity contribution in [3.05, 3.63) is 35.9 Å². The molecule has 6 heteroatoms. The van der Waals surface area contributed by atoms with Gasteiger partial charge in [-0.25, -0.2) is 9.59 Å². The van der Waals surface area contributed by atoms with Crippen LogP contribution in [0.25, 0.3) is 0 Å². The Morgan fingerprint density at radius 1 is 1.43 bits per heavy atom. The third-order valence-corrected chi connectivity index (χ3v) is 4.54. The first kappa shape index (κ1) is 15.7. The number of aliphatic carboxylic acids is 1. The molecule has 0 aromatic heterocycles. The molecule has 5 nitrogen and oxygen atoms in total. The van der Waals surface area contributed by atoms with E-state index in [2.05, 4.69) is 12.2 Å². The molecular formula is C15H20N2O3S. The second-order valence-electron chi connectivity index (χ2n) is 5.16. The fourth-order valence-electron chi connectivity index (χ4n) is 2.29. The van der Waals surface area contributed by atoms with Gasteiger partial charge in [-0.05, 0) is 5.56 Å². The number of carbonyl (C=O) groups is 2. The first-order chi connectivity index (χ1) is 10.1. The average molecular weight is 308 g/mol. The summed E-state index contributed by atoms with van der Waals surface area (Å²) in [5.41, 5.74) is 0.896. The third kappa shape index (κ3) is 4.67. The van der Waals surface area contributed by atoms with Crippen molar-refractivity contribution >= 4 is 23.8 Å². The summed E-state index contributed by atoms with van der Waals surface area (Å²) < 4.78 is 0. The zero-order valence-corrected chi connectivity index (χ0v) is 12.8. The zero-order chi connectivity index (χ0) is 15.2. The molecule has 1 aliphatic rings. The molecule has 1 aromatic carbocycles. The van der Waals surface area contributed by atoms with Gasteiger partial charge in [-0.2, -0.15) is 11.8 Å². The van der Waals surface area contributed by atoms with Crippen molar-refractivity contribution < 1.29 is 14.7 Å². The molecule has 0 aliphatic carbocycles. The van der Waals surface area contributed by atoms with Gasteiger partial charge < -0.3 is 15.3 Å². The molecule has 1 saturated heterocycles. The molecule has 2 atom stereocenters. The minimum atomic E-state index is -1.01. The van der Waals surface area contributed by atoms with Crippen LogP contribution in [0.3, 0.4) is 0 Å². The average Bonchev–Trinajstić information content (AvgIpc) is 2.47. The van der Waals surface area contributed by atoms with Gasteiger partial charge in [0.25, 0.3) is 0 Å². The monoisotopic (exact) mass is 308 g/mol. The highest BCUT2D eigenvalue weighted by molar-refractivity contribution is 7.99. The van der Waals surface area contributed by atoms with Gasteiger partial charge in [0, 0.05) is 30.5 Å². The number of rotatable bonds is 4. The van der Waals surface area contributed by atoms with Crippen LogP contribution in [0, 0.1) is 0 Å². The number of nitrogens with one attached hydrogen (secondary N) is 1. The number of hydrogen-bond acceptors (Lipinski definition) is 3. The Balaban J connectivity index is 1.96. The second kappa shape index (κ2) is 7.36. The number of carboxylic acid groups (broad SMARTS) is 1. The van der Waals surface area contributed by atoms with Gasteiger partial charge in [0.1, 0.15) is 6.04 Å². The number of carboxylic acids is 1. The third-order valence-electron chi connectivity index (χ3n) is 3.41. The van der Waals surface area contributed by atoms with Crippen LogP contribution in [0.4, 0.5) is 4.79 Å². The highest BCUT2D eigenvalue weighted by atomic mass is 32.2. The van der Waals surface area contributed by atoms with E-state index in [1.165, 1.54) is 0 Å². The van der Waals surface area contributed by atoms with Crippen molar-refractivity contribution in [3.63, 3.8) is 0 Å². The SMILES string of the molecule is CC1CN(C(=O)N[C@H](Cc2ccccc2)C(=O)O)CCS1. The predicted molar refractivity (Wildman–Crippen MR) is 83.6 cm³/mol. The number of nitrogens with zero attached hydrogens (tertiary/aromatic N) is 1. The van der Waals surface area contributed by atoms with E-state index in [0.717, 1.165) is 11.3 Å². The van der Waals surface area contributed by atoms with Crippen LogP contribution >= 0.6 is 11.8 Å². The van der Waals surface area contributed by atoms with Gasteiger partial charge in [-0.3, -0.25) is 0 Å². The summed E-state index contributed by atoms with van der Waals surface area (Å²) in [5, 5.41) is 12.3. The molecule has 2 amide bonds. The summed E-state index contributed by atoms with van der Waals surface area (Å²) in [6.45, 7) is 3.40. The van der Waals surface area contributed by atoms with Crippen molar-refractivity contribution in [2.75, 3.05) is 18.8 Å². The first-order valence-corrected chi connectivity index (χ1v) is 8.05. The minimum absolute atomic E-state index is 0.287. The maximum absolute atomic E-state index is 12.2. The Bertz CT molecular complexity index is 495. The molecule has 114 valence electrons. The van der Waals surface area contributed by atoms with Crippen LogP contribution in [0.1, 0.15) is 12.5 Å². The Kier molecular flexibility index (Phi) is 5.50. The molecule has 0 spiro atoms. The molecule has 0 bridgehead atoms. The topological polar surface area (TPSA) is 69.6 Å². The lowest BCUT2D eigenvalue weighted by Gasteiger charge is -2.31. The van der Waals surface area contributed by atoms with E-state index in [0.29, 0.717) is 24.8 Å². The van der Waals surface area contributed by atoms with Crippen molar-refractivity contribution in [2.24, 2.45) is 0 Å². The highest BCUT2D eigenvalue weighted by Crippen LogP contribution is 2.17. The summed E-state index contributed by atoms with van der Waals surface area (Å²) in [4.78, 5) is 25.2. The first-order valence-electron chi connectivity index (χ1n) is 7.00. The largest absolute Gasteiger partial charge is 0.480 e. The van der Waals surface area contributed by atoms with E-state index in [4.69, 9.17) is 0 Å². The maximum Gasteiger partial charge on any atom is 0.326 e. The summed E-state index contributed by atoms with van der Waals surface area (Å²) in [6, 6.07) is 8.14. The number of urea groups is 1. The van der Waals surface area contributed by atoms with Gasteiger partial charge in [-0.1, -0.05) is 37.3 Å². The van der Waals surface area contributed by atoms with Gasteiger partial charge >= 0.3 is 12.0 Å². The molecule has 1 aliphatic heterocycles. The van der Waals surface area contributed by atoms with Crippen molar-refractivity contribution in [1.82, 2.24) is 10.2 Å². The molecule has 1 heterocycles. The second-order valence-corrected chi connectivity index (χ2v) is 6.70. The lowest BCUT2D eigenvalue weighted by Crippen LogP contribution is -2.52. The molecular weight excluding hydrogens is 288 g/mol. The fourth-order valence-corrected chi connectivity index (χ4v) is 3.31. The number of hydrogen-bond donors (Lipinski definition) is 2. The Hall–Kier alpha value is -1.69. The Morgan fingerprint density at radius 3 is 2.76 bits per heavy atom. The molecule has 2 rings (SSSR count). The smallest absolute Gasteiger partial charge is 0.326 e. The van der Waals surface area contributed by atoms with E-state index in [-0.39, 0.29) is 6.03 Å². The normalized spacial score (nSPS) is 19.9. The van der Waals surface area contributed by atoms with Crippen LogP contribution < -0.4 is 5.32 Å². The highest BCUT2D eigenvalue weighted by Gasteiger charge is 2.26. The molecule has 0 saturated carbocycles. The molecule has 21 heavy (non-hydrogen) atoms. The van der Waals surface area contributed by atoms with Crippen LogP contribution in [-0.4, -0.2) is 52.1 Å². The standard InChI is InChI=1S/C15H20N2O3S/c1-11-10-17(7-8-21-11)15(20)16-13(14(18)19)9-12-5-3-2-4-6-12/h2-6,11,13H,7-10H2,1H3,(H,16,20)(H,18,19)/t11?,13-/m1/s1. The van der Waals surface area contributed by atoms with Crippen molar-refractivity contribution in [1.29, 1.82) is 0 Å². The number of benzene rings is 1. The Labute approximate surface area is 128 Å². The van der Waals surface area contributed by atoms with E-state index in [1.54, 1.807) is 4.90 Å². The maximum atomic E-state index is 12.2. The van der Waals surface area contributed by atoms with Crippen LogP contribution in [0.5, 0.6) is 0 Å². The van der Waals surface area contributed by atoms with E-state index in [9.17, 15) is 14.7 Å². The summed E-state index contributed by atoms with van der Waals surface area (Å²) in [6.07, 6.45) is 0.292. The van der Waals surface area contributed by atoms with Crippen molar-refractivity contribution in [2.45, 2.75) is 24.6 Å². The number of amides is 2. The lowest BCUT2D eigenvalue weighted by molar-refractivity contribution is -0.139. The van der Waals surface area contributed by atoms with Gasteiger partial charge in [0.15, 0.2) is 0 Å². The summed E-state index contributed by atoms with van der Waals surface area (Å²) >= 11 is 1.83. The van der Waals surface area contributed by atoms with Gasteiger partial charge in [-0.15, -0.1) is 0 Å². The zero-order valence-electron chi connectivity index (χ0n) is 12.0. The summed E-state index contributed by atoms with van der Waals surface area (Å²) in [5.74, 6) is -0.114. The minimum Gasteiger partial charge on any atom is -0.480 e. The van der Waals surface area contributed by atoms with Crippen LogP contribution in [-0.2, 0) is 11.2 Å².